The van der Waals surface area contributed by atoms with Gasteiger partial charge in [0.05, 0.1) is 11.1 Å². The molecule has 1 aromatic rings. The van der Waals surface area contributed by atoms with Crippen LogP contribution in [-0.2, 0) is 4.79 Å². The van der Waals surface area contributed by atoms with Crippen molar-refractivity contribution in [3.63, 3.8) is 0 Å². The lowest BCUT2D eigenvalue weighted by Gasteiger charge is -2.43. The molecule has 0 bridgehead atoms. The molecule has 0 aromatic carbocycles. The van der Waals surface area contributed by atoms with Gasteiger partial charge in [0.2, 0.25) is 5.91 Å². The van der Waals surface area contributed by atoms with Gasteiger partial charge in [-0.1, -0.05) is 24.4 Å². The van der Waals surface area contributed by atoms with Crippen molar-refractivity contribution in [1.29, 1.82) is 0 Å². The van der Waals surface area contributed by atoms with Crippen molar-refractivity contribution < 1.29 is 9.59 Å². The van der Waals surface area contributed by atoms with Crippen LogP contribution in [0.25, 0.3) is 0 Å². The van der Waals surface area contributed by atoms with Crippen molar-refractivity contribution in [1.82, 2.24) is 15.2 Å². The van der Waals surface area contributed by atoms with Crippen molar-refractivity contribution in [2.24, 2.45) is 0 Å². The molecule has 2 atom stereocenters. The highest BCUT2D eigenvalue weighted by atomic mass is 35.5. The van der Waals surface area contributed by atoms with Crippen LogP contribution < -0.4 is 5.32 Å². The van der Waals surface area contributed by atoms with Crippen LogP contribution in [0, 0.1) is 0 Å². The smallest absolute Gasteiger partial charge is 0.273 e. The van der Waals surface area contributed by atoms with Gasteiger partial charge in [0.25, 0.3) is 5.91 Å². The second-order valence-electron chi connectivity index (χ2n) is 5.32. The van der Waals surface area contributed by atoms with E-state index >= 15 is 0 Å². The molecule has 2 fully saturated rings. The molecule has 0 radical (unpaired) electrons. The number of rotatable bonds is 1. The maximum atomic E-state index is 12.6. The maximum Gasteiger partial charge on any atom is 0.273 e. The predicted octanol–water partition coefficient (Wildman–Crippen LogP) is 1.62. The standard InChI is InChI=1S/C14H16ClN3O2/c15-9-5-6-11(16-7-9)14(20)18-8-13(19)17-10-3-1-2-4-12(10)18/h5-7,10,12H,1-4,8H2,(H,17,19). The van der Waals surface area contributed by atoms with Crippen molar-refractivity contribution in [3.05, 3.63) is 29.0 Å². The van der Waals surface area contributed by atoms with Gasteiger partial charge in [-0.15, -0.1) is 0 Å². The normalized spacial score (nSPS) is 25.9. The number of nitrogens with one attached hydrogen (secondary N) is 1. The van der Waals surface area contributed by atoms with Gasteiger partial charge in [0, 0.05) is 12.2 Å². The molecule has 106 valence electrons. The van der Waals surface area contributed by atoms with Gasteiger partial charge in [-0.3, -0.25) is 9.59 Å². The van der Waals surface area contributed by atoms with Crippen molar-refractivity contribution >= 4 is 23.4 Å². The third-order valence-corrected chi connectivity index (χ3v) is 4.22. The van der Waals surface area contributed by atoms with Gasteiger partial charge in [0.1, 0.15) is 12.2 Å². The Morgan fingerprint density at radius 1 is 1.35 bits per heavy atom. The minimum absolute atomic E-state index is 0.0845. The van der Waals surface area contributed by atoms with Crippen LogP contribution in [0.5, 0.6) is 0 Å². The lowest BCUT2D eigenvalue weighted by Crippen LogP contribution is -2.63. The first-order chi connectivity index (χ1) is 9.65. The summed E-state index contributed by atoms with van der Waals surface area (Å²) in [5, 5.41) is 3.48. The van der Waals surface area contributed by atoms with E-state index in [2.05, 4.69) is 10.3 Å². The number of hydrogen-bond donors (Lipinski definition) is 1. The molecule has 1 aromatic heterocycles. The minimum Gasteiger partial charge on any atom is -0.350 e. The highest BCUT2D eigenvalue weighted by Gasteiger charge is 2.39. The van der Waals surface area contributed by atoms with Gasteiger partial charge in [-0.05, 0) is 25.0 Å². The summed E-state index contributed by atoms with van der Waals surface area (Å²) < 4.78 is 0. The average Bonchev–Trinajstić information content (AvgIpc) is 2.46. The summed E-state index contributed by atoms with van der Waals surface area (Å²) >= 11 is 5.78. The maximum absolute atomic E-state index is 12.6. The molecule has 2 aliphatic rings. The fraction of sp³-hybridized carbons (Fsp3) is 0.500. The molecule has 2 amide bonds. The summed E-state index contributed by atoms with van der Waals surface area (Å²) in [5.74, 6) is -0.274. The number of carbonyl (C=O) groups excluding carboxylic acids is 2. The van der Waals surface area contributed by atoms with E-state index in [1.165, 1.54) is 6.20 Å². The lowest BCUT2D eigenvalue weighted by atomic mass is 9.87. The molecular formula is C14H16ClN3O2. The van der Waals surface area contributed by atoms with E-state index in [0.717, 1.165) is 25.7 Å². The quantitative estimate of drug-likeness (QED) is 0.856. The Bertz CT molecular complexity index is 532. The molecule has 0 spiro atoms. The monoisotopic (exact) mass is 293 g/mol. The van der Waals surface area contributed by atoms with Crippen LogP contribution in [0.1, 0.15) is 36.2 Å². The number of fused-ring (bicyclic) bond motifs is 1. The number of pyridine rings is 1. The molecule has 1 saturated carbocycles. The summed E-state index contributed by atoms with van der Waals surface area (Å²) in [6.07, 6.45) is 5.52. The summed E-state index contributed by atoms with van der Waals surface area (Å²) in [5.41, 5.74) is 0.341. The molecule has 1 aliphatic heterocycles. The number of aromatic nitrogens is 1. The molecule has 5 nitrogen and oxygen atoms in total. The fourth-order valence-electron chi connectivity index (χ4n) is 3.05. The van der Waals surface area contributed by atoms with Crippen molar-refractivity contribution in [2.45, 2.75) is 37.8 Å². The first kappa shape index (κ1) is 13.4. The number of hydrogen-bond acceptors (Lipinski definition) is 3. The van der Waals surface area contributed by atoms with Gasteiger partial charge >= 0.3 is 0 Å². The summed E-state index contributed by atoms with van der Waals surface area (Å²) in [4.78, 5) is 30.1. The zero-order chi connectivity index (χ0) is 14.1. The predicted molar refractivity (Wildman–Crippen MR) is 74.5 cm³/mol. The third-order valence-electron chi connectivity index (χ3n) is 4.00. The second kappa shape index (κ2) is 5.40. The van der Waals surface area contributed by atoms with Crippen LogP contribution in [0.15, 0.2) is 18.3 Å². The van der Waals surface area contributed by atoms with E-state index in [1.54, 1.807) is 17.0 Å². The van der Waals surface area contributed by atoms with Gasteiger partial charge in [-0.25, -0.2) is 4.98 Å². The Kier molecular flexibility index (Phi) is 3.61. The molecule has 1 N–H and O–H groups in total. The Morgan fingerprint density at radius 3 is 2.90 bits per heavy atom. The Labute approximate surface area is 122 Å². The van der Waals surface area contributed by atoms with Crippen molar-refractivity contribution in [3.8, 4) is 0 Å². The first-order valence-electron chi connectivity index (χ1n) is 6.87. The summed E-state index contributed by atoms with van der Waals surface area (Å²) in [6, 6.07) is 3.42. The zero-order valence-electron chi connectivity index (χ0n) is 11.0. The van der Waals surface area contributed by atoms with E-state index in [1.807, 2.05) is 0 Å². The highest BCUT2D eigenvalue weighted by Crippen LogP contribution is 2.26. The van der Waals surface area contributed by atoms with Crippen LogP contribution in [-0.4, -0.2) is 40.3 Å². The Balaban J connectivity index is 1.84. The Hall–Kier alpha value is -1.62. The molecule has 1 aliphatic carbocycles. The number of halogens is 1. The highest BCUT2D eigenvalue weighted by molar-refractivity contribution is 6.30. The SMILES string of the molecule is O=C1CN(C(=O)c2ccc(Cl)cn2)C2CCCCC2N1. The Morgan fingerprint density at radius 2 is 2.15 bits per heavy atom. The molecular weight excluding hydrogens is 278 g/mol. The summed E-state index contributed by atoms with van der Waals surface area (Å²) in [6.45, 7) is 0.115. The van der Waals surface area contributed by atoms with E-state index in [4.69, 9.17) is 11.6 Å². The van der Waals surface area contributed by atoms with Crippen molar-refractivity contribution in [2.75, 3.05) is 6.54 Å². The molecule has 2 heterocycles. The van der Waals surface area contributed by atoms with Crippen LogP contribution in [0.2, 0.25) is 5.02 Å². The van der Waals surface area contributed by atoms with E-state index in [-0.39, 0.29) is 30.4 Å². The van der Waals surface area contributed by atoms with Gasteiger partial charge < -0.3 is 10.2 Å². The number of piperazine rings is 1. The molecule has 2 unspecified atom stereocenters. The van der Waals surface area contributed by atoms with Gasteiger partial charge in [0.15, 0.2) is 0 Å². The number of amides is 2. The van der Waals surface area contributed by atoms with E-state index in [9.17, 15) is 9.59 Å². The first-order valence-corrected chi connectivity index (χ1v) is 7.25. The van der Waals surface area contributed by atoms with E-state index in [0.29, 0.717) is 10.7 Å². The fourth-order valence-corrected chi connectivity index (χ4v) is 3.16. The lowest BCUT2D eigenvalue weighted by molar-refractivity contribution is -0.127. The molecule has 1 saturated heterocycles. The second-order valence-corrected chi connectivity index (χ2v) is 5.76. The molecule has 20 heavy (non-hydrogen) atoms. The van der Waals surface area contributed by atoms with Crippen LogP contribution in [0.3, 0.4) is 0 Å². The molecule has 6 heteroatoms. The van der Waals surface area contributed by atoms with Gasteiger partial charge in [-0.2, -0.15) is 0 Å². The topological polar surface area (TPSA) is 62.3 Å². The van der Waals surface area contributed by atoms with Crippen LogP contribution >= 0.6 is 11.6 Å². The molecule has 3 rings (SSSR count). The minimum atomic E-state index is -0.187. The summed E-state index contributed by atoms with van der Waals surface area (Å²) in [7, 11) is 0. The number of carbonyl (C=O) groups is 2. The number of nitrogens with zero attached hydrogens (tertiary/aromatic N) is 2. The average molecular weight is 294 g/mol. The van der Waals surface area contributed by atoms with E-state index < -0.39 is 0 Å². The third kappa shape index (κ3) is 2.50. The van der Waals surface area contributed by atoms with Crippen LogP contribution in [0.4, 0.5) is 0 Å². The zero-order valence-corrected chi connectivity index (χ0v) is 11.8. The largest absolute Gasteiger partial charge is 0.350 e.